The van der Waals surface area contributed by atoms with Gasteiger partial charge in [0.25, 0.3) is 0 Å². The molecule has 1 N–H and O–H groups in total. The van der Waals surface area contributed by atoms with Crippen molar-refractivity contribution in [1.29, 1.82) is 0 Å². The molecule has 114 valence electrons. The molecule has 0 aromatic carbocycles. The van der Waals surface area contributed by atoms with Crippen LogP contribution in [0.25, 0.3) is 10.6 Å². The number of aromatic nitrogens is 2. The molecule has 3 heterocycles. The summed E-state index contributed by atoms with van der Waals surface area (Å²) >= 11 is 3.10. The number of rotatable bonds is 5. The molecule has 0 saturated heterocycles. The number of carbonyl (C=O) groups excluding carboxylic acids is 1. The largest absolute Gasteiger partial charge is 0.342 e. The molecule has 6 heteroatoms. The molecule has 0 radical (unpaired) electrons. The average Bonchev–Trinajstić information content (AvgIpc) is 3.20. The van der Waals surface area contributed by atoms with E-state index in [0.717, 1.165) is 10.6 Å². The van der Waals surface area contributed by atoms with E-state index in [9.17, 15) is 4.79 Å². The Morgan fingerprint density at radius 3 is 2.64 bits per heavy atom. The zero-order valence-corrected chi connectivity index (χ0v) is 14.0. The van der Waals surface area contributed by atoms with Crippen molar-refractivity contribution in [3.05, 3.63) is 47.4 Å². The second-order valence-corrected chi connectivity index (χ2v) is 7.13. The van der Waals surface area contributed by atoms with Crippen molar-refractivity contribution >= 4 is 33.7 Å². The molecule has 0 spiro atoms. The highest BCUT2D eigenvalue weighted by Gasteiger charge is 2.24. The lowest BCUT2D eigenvalue weighted by atomic mass is 10.0. The Kier molecular flexibility index (Phi) is 4.40. The highest BCUT2D eigenvalue weighted by Crippen LogP contribution is 2.29. The summed E-state index contributed by atoms with van der Waals surface area (Å²) in [6.45, 7) is 4.09. The Morgan fingerprint density at radius 2 is 2.00 bits per heavy atom. The Hall–Kier alpha value is -1.92. The predicted molar refractivity (Wildman–Crippen MR) is 92.4 cm³/mol. The van der Waals surface area contributed by atoms with Crippen LogP contribution in [0.2, 0.25) is 0 Å². The molecule has 0 aliphatic heterocycles. The number of hydrogen-bond acceptors (Lipinski definition) is 4. The predicted octanol–water partition coefficient (Wildman–Crippen LogP) is 4.51. The molecule has 0 fully saturated rings. The van der Waals surface area contributed by atoms with Gasteiger partial charge in [-0.1, -0.05) is 19.9 Å². The highest BCUT2D eigenvalue weighted by molar-refractivity contribution is 7.16. The van der Waals surface area contributed by atoms with E-state index in [4.69, 9.17) is 0 Å². The molecule has 22 heavy (non-hydrogen) atoms. The second-order valence-electron chi connectivity index (χ2n) is 5.32. The molecule has 1 atom stereocenters. The second kappa shape index (κ2) is 6.46. The van der Waals surface area contributed by atoms with Gasteiger partial charge in [-0.05, 0) is 29.5 Å². The minimum Gasteiger partial charge on any atom is -0.342 e. The number of carbonyl (C=O) groups is 1. The number of nitrogens with zero attached hydrogens (tertiary/aromatic N) is 2. The average molecular weight is 331 g/mol. The molecular weight excluding hydrogens is 314 g/mol. The van der Waals surface area contributed by atoms with E-state index in [1.54, 1.807) is 11.3 Å². The Bertz CT molecular complexity index is 729. The van der Waals surface area contributed by atoms with Crippen molar-refractivity contribution in [2.45, 2.75) is 19.9 Å². The first-order valence-electron chi connectivity index (χ1n) is 7.08. The number of thiazole rings is 1. The van der Waals surface area contributed by atoms with Gasteiger partial charge in [-0.3, -0.25) is 4.79 Å². The molecule has 3 rings (SSSR count). The van der Waals surface area contributed by atoms with Gasteiger partial charge in [0.15, 0.2) is 5.13 Å². The van der Waals surface area contributed by atoms with E-state index in [1.807, 2.05) is 65.8 Å². The van der Waals surface area contributed by atoms with Gasteiger partial charge in [0.1, 0.15) is 6.04 Å². The molecule has 0 bridgehead atoms. The zero-order valence-electron chi connectivity index (χ0n) is 12.4. The first kappa shape index (κ1) is 15.0. The smallest absolute Gasteiger partial charge is 0.249 e. The third kappa shape index (κ3) is 3.13. The summed E-state index contributed by atoms with van der Waals surface area (Å²) in [5.41, 5.74) is 0.914. The lowest BCUT2D eigenvalue weighted by molar-refractivity contribution is -0.120. The molecular formula is C16H17N3OS2. The molecule has 1 amide bonds. The molecule has 1 unspecified atom stereocenters. The van der Waals surface area contributed by atoms with Crippen LogP contribution in [-0.4, -0.2) is 15.5 Å². The minimum atomic E-state index is -0.232. The fourth-order valence-corrected chi connectivity index (χ4v) is 3.84. The van der Waals surface area contributed by atoms with E-state index in [1.165, 1.54) is 11.3 Å². The number of hydrogen-bond donors (Lipinski definition) is 1. The van der Waals surface area contributed by atoms with Gasteiger partial charge in [0.05, 0.1) is 10.6 Å². The fraction of sp³-hybridized carbons (Fsp3) is 0.250. The Morgan fingerprint density at radius 1 is 1.23 bits per heavy atom. The Balaban J connectivity index is 1.76. The maximum absolute atomic E-state index is 12.6. The quantitative estimate of drug-likeness (QED) is 0.748. The van der Waals surface area contributed by atoms with Gasteiger partial charge < -0.3 is 9.88 Å². The number of amides is 1. The van der Waals surface area contributed by atoms with E-state index in [0.29, 0.717) is 5.13 Å². The molecule has 3 aromatic rings. The SMILES string of the molecule is CC(C)C(C(=O)Nc1nc(-c2cccs2)cs1)n1cccc1. The fourth-order valence-electron chi connectivity index (χ4n) is 2.36. The standard InChI is InChI=1S/C16H17N3OS2/c1-11(2)14(19-7-3-4-8-19)15(20)18-16-17-12(10-22-16)13-6-5-9-21-13/h3-11,14H,1-2H3,(H,17,18,20). The highest BCUT2D eigenvalue weighted by atomic mass is 32.1. The van der Waals surface area contributed by atoms with Gasteiger partial charge >= 0.3 is 0 Å². The van der Waals surface area contributed by atoms with Crippen molar-refractivity contribution in [3.63, 3.8) is 0 Å². The van der Waals surface area contributed by atoms with Crippen LogP contribution < -0.4 is 5.32 Å². The Labute approximate surface area is 137 Å². The summed E-state index contributed by atoms with van der Waals surface area (Å²) in [5, 5.41) is 7.59. The van der Waals surface area contributed by atoms with Crippen molar-refractivity contribution in [2.24, 2.45) is 5.92 Å². The van der Waals surface area contributed by atoms with Crippen LogP contribution in [0.1, 0.15) is 19.9 Å². The van der Waals surface area contributed by atoms with E-state index in [2.05, 4.69) is 10.3 Å². The minimum absolute atomic E-state index is 0.0294. The van der Waals surface area contributed by atoms with E-state index in [-0.39, 0.29) is 17.9 Å². The molecule has 4 nitrogen and oxygen atoms in total. The molecule has 3 aromatic heterocycles. The summed E-state index contributed by atoms with van der Waals surface area (Å²) in [5.74, 6) is 0.169. The van der Waals surface area contributed by atoms with Gasteiger partial charge in [0, 0.05) is 17.8 Å². The third-order valence-electron chi connectivity index (χ3n) is 3.36. The maximum Gasteiger partial charge on any atom is 0.249 e. The molecule has 0 saturated carbocycles. The van der Waals surface area contributed by atoms with Crippen LogP contribution in [0.5, 0.6) is 0 Å². The summed E-state index contributed by atoms with van der Waals surface area (Å²) in [6.07, 6.45) is 3.84. The van der Waals surface area contributed by atoms with Crippen LogP contribution in [0.3, 0.4) is 0 Å². The summed E-state index contributed by atoms with van der Waals surface area (Å²) < 4.78 is 1.94. The maximum atomic E-state index is 12.6. The van der Waals surface area contributed by atoms with Gasteiger partial charge in [-0.25, -0.2) is 4.98 Å². The number of thiophene rings is 1. The van der Waals surface area contributed by atoms with Crippen molar-refractivity contribution in [1.82, 2.24) is 9.55 Å². The topological polar surface area (TPSA) is 46.9 Å². The van der Waals surface area contributed by atoms with Crippen molar-refractivity contribution in [3.8, 4) is 10.6 Å². The van der Waals surface area contributed by atoms with Crippen LogP contribution in [0.15, 0.2) is 47.4 Å². The van der Waals surface area contributed by atoms with Crippen LogP contribution in [0.4, 0.5) is 5.13 Å². The lowest BCUT2D eigenvalue weighted by Gasteiger charge is -2.21. The van der Waals surface area contributed by atoms with Gasteiger partial charge in [-0.15, -0.1) is 22.7 Å². The third-order valence-corrected chi connectivity index (χ3v) is 5.01. The zero-order chi connectivity index (χ0) is 15.5. The normalized spacial score (nSPS) is 12.5. The van der Waals surface area contributed by atoms with E-state index < -0.39 is 0 Å². The monoisotopic (exact) mass is 331 g/mol. The summed E-state index contributed by atoms with van der Waals surface area (Å²) in [6, 6.07) is 7.66. The molecule has 0 aliphatic rings. The number of nitrogens with one attached hydrogen (secondary N) is 1. The first-order chi connectivity index (χ1) is 10.6. The van der Waals surface area contributed by atoms with Crippen molar-refractivity contribution < 1.29 is 4.79 Å². The van der Waals surface area contributed by atoms with Gasteiger partial charge in [-0.2, -0.15) is 0 Å². The van der Waals surface area contributed by atoms with Crippen LogP contribution >= 0.6 is 22.7 Å². The van der Waals surface area contributed by atoms with Gasteiger partial charge in [0.2, 0.25) is 5.91 Å². The van der Waals surface area contributed by atoms with Crippen LogP contribution in [0, 0.1) is 5.92 Å². The summed E-state index contributed by atoms with van der Waals surface area (Å²) in [4.78, 5) is 18.2. The van der Waals surface area contributed by atoms with E-state index >= 15 is 0 Å². The first-order valence-corrected chi connectivity index (χ1v) is 8.84. The number of anilines is 1. The lowest BCUT2D eigenvalue weighted by Crippen LogP contribution is -2.29. The van der Waals surface area contributed by atoms with Crippen molar-refractivity contribution in [2.75, 3.05) is 5.32 Å². The van der Waals surface area contributed by atoms with Crippen LogP contribution in [-0.2, 0) is 4.79 Å². The molecule has 0 aliphatic carbocycles. The summed E-state index contributed by atoms with van der Waals surface area (Å²) in [7, 11) is 0.